The van der Waals surface area contributed by atoms with E-state index in [-0.39, 0.29) is 11.6 Å². The molecule has 6 nitrogen and oxygen atoms in total. The van der Waals surface area contributed by atoms with Crippen LogP contribution in [-0.2, 0) is 6.54 Å². The minimum Gasteiger partial charge on any atom is -0.388 e. The van der Waals surface area contributed by atoms with Gasteiger partial charge in [-0.25, -0.2) is 4.98 Å². The van der Waals surface area contributed by atoms with Crippen molar-refractivity contribution in [2.75, 3.05) is 0 Å². The van der Waals surface area contributed by atoms with Crippen LogP contribution in [0.25, 0.3) is 17.0 Å². The van der Waals surface area contributed by atoms with E-state index in [2.05, 4.69) is 41.0 Å². The summed E-state index contributed by atoms with van der Waals surface area (Å²) >= 11 is 6.39. The van der Waals surface area contributed by atoms with Crippen LogP contribution in [0.3, 0.4) is 0 Å². The lowest BCUT2D eigenvalue weighted by atomic mass is 10.1. The smallest absolute Gasteiger partial charge is 0.251 e. The number of benzene rings is 1. The van der Waals surface area contributed by atoms with Crippen molar-refractivity contribution >= 4 is 23.4 Å². The average Bonchev–Trinajstić information content (AvgIpc) is 2.66. The number of aromatic nitrogens is 2. The molecular formula is C22H28ClN5O. The summed E-state index contributed by atoms with van der Waals surface area (Å²) in [6.07, 6.45) is 2.85. The largest absolute Gasteiger partial charge is 0.388 e. The third-order valence-corrected chi connectivity index (χ3v) is 4.60. The quantitative estimate of drug-likeness (QED) is 0.460. The van der Waals surface area contributed by atoms with E-state index < -0.39 is 0 Å². The van der Waals surface area contributed by atoms with E-state index in [9.17, 15) is 4.79 Å². The maximum atomic E-state index is 12.2. The predicted molar refractivity (Wildman–Crippen MR) is 121 cm³/mol. The standard InChI is InChI=1S/C22H28ClN5O/c1-13(2)15(5)26-11-16-6-7-19(23)18(8-16)22-27-20(9-21(29)28-22)17(10-24)12-25-14(3)4/h6-10,12-14,24-26H,5,11H2,1-4H3,(H,27,28,29)/b17-12+,24-10?. The van der Waals surface area contributed by atoms with Crippen LogP contribution >= 0.6 is 11.6 Å². The van der Waals surface area contributed by atoms with Crippen LogP contribution in [0, 0.1) is 11.3 Å². The topological polar surface area (TPSA) is 93.7 Å². The summed E-state index contributed by atoms with van der Waals surface area (Å²) in [5.41, 5.74) is 3.17. The van der Waals surface area contributed by atoms with E-state index in [1.54, 1.807) is 12.3 Å². The summed E-state index contributed by atoms with van der Waals surface area (Å²) in [6, 6.07) is 7.17. The summed E-state index contributed by atoms with van der Waals surface area (Å²) in [5.74, 6) is 0.696. The zero-order valence-corrected chi connectivity index (χ0v) is 18.0. The van der Waals surface area contributed by atoms with Gasteiger partial charge in [0.2, 0.25) is 0 Å². The van der Waals surface area contributed by atoms with E-state index in [0.717, 1.165) is 11.3 Å². The lowest BCUT2D eigenvalue weighted by Crippen LogP contribution is -2.17. The van der Waals surface area contributed by atoms with Crippen LogP contribution in [0.15, 0.2) is 47.5 Å². The third-order valence-electron chi connectivity index (χ3n) is 4.27. The molecule has 0 unspecified atom stereocenters. The van der Waals surface area contributed by atoms with Gasteiger partial charge in [-0.2, -0.15) is 0 Å². The van der Waals surface area contributed by atoms with Gasteiger partial charge in [-0.15, -0.1) is 0 Å². The SMILES string of the molecule is C=C(NCc1ccc(Cl)c(-c2nc(/C(C=N)=C/NC(C)C)cc(=O)[nH]2)c1)C(C)C. The van der Waals surface area contributed by atoms with Gasteiger partial charge in [-0.1, -0.05) is 38.1 Å². The van der Waals surface area contributed by atoms with Crippen LogP contribution in [0.4, 0.5) is 0 Å². The number of nitrogens with zero attached hydrogens (tertiary/aromatic N) is 1. The molecule has 2 rings (SSSR count). The van der Waals surface area contributed by atoms with E-state index in [1.165, 1.54) is 12.3 Å². The number of hydrogen-bond acceptors (Lipinski definition) is 5. The van der Waals surface area contributed by atoms with Gasteiger partial charge in [0, 0.05) is 47.9 Å². The van der Waals surface area contributed by atoms with Crippen molar-refractivity contribution in [1.29, 1.82) is 5.41 Å². The second-order valence-corrected chi connectivity index (χ2v) is 7.80. The molecule has 7 heteroatoms. The molecule has 0 radical (unpaired) electrons. The molecule has 1 aromatic heterocycles. The summed E-state index contributed by atoms with van der Waals surface area (Å²) in [7, 11) is 0. The summed E-state index contributed by atoms with van der Waals surface area (Å²) < 4.78 is 0. The molecule has 29 heavy (non-hydrogen) atoms. The fraction of sp³-hybridized carbons (Fsp3) is 0.318. The Bertz CT molecular complexity index is 975. The Morgan fingerprint density at radius 1 is 1.31 bits per heavy atom. The average molecular weight is 414 g/mol. The Morgan fingerprint density at radius 2 is 2.03 bits per heavy atom. The molecule has 0 fully saturated rings. The van der Waals surface area contributed by atoms with E-state index in [1.807, 2.05) is 26.0 Å². The summed E-state index contributed by atoms with van der Waals surface area (Å²) in [4.78, 5) is 19.5. The van der Waals surface area contributed by atoms with Crippen LogP contribution in [0.2, 0.25) is 5.02 Å². The monoisotopic (exact) mass is 413 g/mol. The van der Waals surface area contributed by atoms with Gasteiger partial charge < -0.3 is 21.0 Å². The summed E-state index contributed by atoms with van der Waals surface area (Å²) in [6.45, 7) is 12.7. The number of nitrogens with one attached hydrogen (secondary N) is 4. The molecule has 154 valence electrons. The van der Waals surface area contributed by atoms with Crippen LogP contribution in [0.5, 0.6) is 0 Å². The zero-order chi connectivity index (χ0) is 21.6. The van der Waals surface area contributed by atoms with E-state index in [4.69, 9.17) is 17.0 Å². The maximum Gasteiger partial charge on any atom is 0.251 e. The number of allylic oxidation sites excluding steroid dienone is 2. The van der Waals surface area contributed by atoms with Crippen LogP contribution in [0.1, 0.15) is 39.0 Å². The highest BCUT2D eigenvalue weighted by Gasteiger charge is 2.12. The fourth-order valence-electron chi connectivity index (χ4n) is 2.46. The minimum absolute atomic E-state index is 0.200. The van der Waals surface area contributed by atoms with Crippen LogP contribution < -0.4 is 16.2 Å². The molecule has 0 bridgehead atoms. The molecule has 1 aromatic carbocycles. The molecule has 0 amide bonds. The first-order valence-corrected chi connectivity index (χ1v) is 9.89. The highest BCUT2D eigenvalue weighted by molar-refractivity contribution is 6.33. The number of H-pyrrole nitrogens is 1. The van der Waals surface area contributed by atoms with Crippen molar-refractivity contribution in [3.05, 3.63) is 69.4 Å². The molecule has 2 aromatic rings. The van der Waals surface area contributed by atoms with Gasteiger partial charge in [0.15, 0.2) is 0 Å². The molecule has 0 aliphatic heterocycles. The summed E-state index contributed by atoms with van der Waals surface area (Å²) in [5, 5.41) is 14.6. The number of rotatable bonds is 9. The zero-order valence-electron chi connectivity index (χ0n) is 17.3. The third kappa shape index (κ3) is 6.32. The lowest BCUT2D eigenvalue weighted by molar-refractivity contribution is 0.656. The second kappa shape index (κ2) is 10.1. The number of halogens is 1. The van der Waals surface area contributed by atoms with Crippen molar-refractivity contribution in [1.82, 2.24) is 20.6 Å². The molecule has 0 aliphatic rings. The van der Waals surface area contributed by atoms with Gasteiger partial charge in [0.1, 0.15) is 5.82 Å². The van der Waals surface area contributed by atoms with Gasteiger partial charge in [0.25, 0.3) is 5.56 Å². The molecular weight excluding hydrogens is 386 g/mol. The van der Waals surface area contributed by atoms with Crippen molar-refractivity contribution in [2.45, 2.75) is 40.3 Å². The van der Waals surface area contributed by atoms with Crippen molar-refractivity contribution in [3.63, 3.8) is 0 Å². The van der Waals surface area contributed by atoms with Gasteiger partial charge in [-0.3, -0.25) is 4.79 Å². The molecule has 4 N–H and O–H groups in total. The van der Waals surface area contributed by atoms with Gasteiger partial charge >= 0.3 is 0 Å². The first kappa shape index (κ1) is 22.4. The predicted octanol–water partition coefficient (Wildman–Crippen LogP) is 4.34. The number of aromatic amines is 1. The molecule has 0 aliphatic carbocycles. The van der Waals surface area contributed by atoms with Crippen molar-refractivity contribution in [2.24, 2.45) is 5.92 Å². The molecule has 0 saturated heterocycles. The normalized spacial score (nSPS) is 11.6. The molecule has 1 heterocycles. The Morgan fingerprint density at radius 3 is 2.66 bits per heavy atom. The van der Waals surface area contributed by atoms with E-state index in [0.29, 0.717) is 40.1 Å². The highest BCUT2D eigenvalue weighted by Crippen LogP contribution is 2.26. The Balaban J connectivity index is 2.41. The number of hydrogen-bond donors (Lipinski definition) is 4. The molecule has 0 saturated carbocycles. The lowest BCUT2D eigenvalue weighted by Gasteiger charge is -2.14. The molecule has 0 spiro atoms. The second-order valence-electron chi connectivity index (χ2n) is 7.39. The van der Waals surface area contributed by atoms with Crippen molar-refractivity contribution in [3.8, 4) is 11.4 Å². The first-order chi connectivity index (χ1) is 13.7. The Kier molecular flexibility index (Phi) is 7.79. The fourth-order valence-corrected chi connectivity index (χ4v) is 2.67. The van der Waals surface area contributed by atoms with E-state index >= 15 is 0 Å². The van der Waals surface area contributed by atoms with Crippen LogP contribution in [-0.4, -0.2) is 22.2 Å². The highest BCUT2D eigenvalue weighted by atomic mass is 35.5. The first-order valence-electron chi connectivity index (χ1n) is 9.51. The van der Waals surface area contributed by atoms with Gasteiger partial charge in [0.05, 0.1) is 10.7 Å². The Labute approximate surface area is 176 Å². The van der Waals surface area contributed by atoms with Gasteiger partial charge in [-0.05, 0) is 37.5 Å². The maximum absolute atomic E-state index is 12.2. The van der Waals surface area contributed by atoms with Crippen molar-refractivity contribution < 1.29 is 0 Å². The molecule has 0 atom stereocenters. The Hall–Kier alpha value is -2.86. The minimum atomic E-state index is -0.310.